The van der Waals surface area contributed by atoms with Gasteiger partial charge < -0.3 is 19.8 Å². The Morgan fingerprint density at radius 3 is 3.17 bits per heavy atom. The van der Waals surface area contributed by atoms with Crippen molar-refractivity contribution >= 4 is 23.0 Å². The van der Waals surface area contributed by atoms with Crippen molar-refractivity contribution in [2.24, 2.45) is 5.92 Å². The van der Waals surface area contributed by atoms with E-state index < -0.39 is 5.92 Å². The smallest absolute Gasteiger partial charge is 0.316 e. The van der Waals surface area contributed by atoms with Gasteiger partial charge >= 0.3 is 6.01 Å². The molecule has 3 aromatic rings. The zero-order chi connectivity index (χ0) is 20.9. The molecular weight excluding hydrogens is 382 g/mol. The highest BCUT2D eigenvalue weighted by molar-refractivity contribution is 5.97. The van der Waals surface area contributed by atoms with Crippen molar-refractivity contribution in [1.82, 2.24) is 24.8 Å². The van der Waals surface area contributed by atoms with Crippen LogP contribution in [0.5, 0.6) is 6.01 Å². The normalized spacial score (nSPS) is 17.9. The molecule has 154 valence electrons. The number of piperidine rings is 1. The first kappa shape index (κ1) is 19.8. The Morgan fingerprint density at radius 2 is 2.37 bits per heavy atom. The second-order valence-electron chi connectivity index (χ2n) is 7.33. The highest BCUT2D eigenvalue weighted by atomic mass is 16.5. The molecule has 3 aromatic heterocycles. The van der Waals surface area contributed by atoms with Crippen LogP contribution in [0.15, 0.2) is 30.7 Å². The average Bonchev–Trinajstić information content (AvgIpc) is 3.27. The summed E-state index contributed by atoms with van der Waals surface area (Å²) < 4.78 is 5.18. The van der Waals surface area contributed by atoms with E-state index >= 15 is 0 Å². The maximum Gasteiger partial charge on any atom is 0.316 e. The predicted octanol–water partition coefficient (Wildman–Crippen LogP) is 2.24. The van der Waals surface area contributed by atoms with E-state index in [0.29, 0.717) is 12.6 Å². The molecule has 0 bridgehead atoms. The molecule has 1 unspecified atom stereocenters. The molecule has 1 saturated heterocycles. The van der Waals surface area contributed by atoms with Crippen LogP contribution in [-0.4, -0.2) is 63.9 Å². The second-order valence-corrected chi connectivity index (χ2v) is 7.33. The first-order valence-electron chi connectivity index (χ1n) is 9.89. The number of aromatic nitrogens is 4. The highest BCUT2D eigenvalue weighted by Crippen LogP contribution is 2.34. The van der Waals surface area contributed by atoms with Gasteiger partial charge in [-0.3, -0.25) is 4.90 Å². The summed E-state index contributed by atoms with van der Waals surface area (Å²) in [6, 6.07) is 6.35. The van der Waals surface area contributed by atoms with E-state index in [0.717, 1.165) is 60.2 Å². The quantitative estimate of drug-likeness (QED) is 0.574. The number of carbonyl (C=O) groups excluding carboxylic acids is 1. The molecule has 1 fully saturated rings. The summed E-state index contributed by atoms with van der Waals surface area (Å²) in [5.74, 6) is -0.592. The number of nitrogens with one attached hydrogen (secondary N) is 2. The van der Waals surface area contributed by atoms with Crippen molar-refractivity contribution in [2.75, 3.05) is 32.1 Å². The van der Waals surface area contributed by atoms with E-state index in [4.69, 9.17) is 10.00 Å². The molecule has 2 N–H and O–H groups in total. The van der Waals surface area contributed by atoms with Crippen LogP contribution >= 0.6 is 0 Å². The molecule has 9 nitrogen and oxygen atoms in total. The Labute approximate surface area is 174 Å². The van der Waals surface area contributed by atoms with Crippen LogP contribution in [0.3, 0.4) is 0 Å². The molecule has 0 aromatic carbocycles. The van der Waals surface area contributed by atoms with Gasteiger partial charge in [-0.2, -0.15) is 10.2 Å². The number of pyridine rings is 1. The van der Waals surface area contributed by atoms with E-state index in [1.807, 2.05) is 18.3 Å². The molecule has 4 heterocycles. The Kier molecular flexibility index (Phi) is 5.86. The number of hydrogen-bond donors (Lipinski definition) is 2. The molecule has 0 radical (unpaired) electrons. The Hall–Kier alpha value is -3.51. The fourth-order valence-electron chi connectivity index (χ4n) is 3.88. The largest absolute Gasteiger partial charge is 0.467 e. The van der Waals surface area contributed by atoms with E-state index in [9.17, 15) is 4.79 Å². The topological polar surface area (TPSA) is 120 Å². The molecule has 2 atom stereocenters. The minimum atomic E-state index is -0.592. The van der Waals surface area contributed by atoms with Gasteiger partial charge in [0.15, 0.2) is 0 Å². The van der Waals surface area contributed by atoms with E-state index in [2.05, 4.69) is 36.2 Å². The minimum Gasteiger partial charge on any atom is -0.467 e. The SMILES string of the molecule is COc1nccc(-c2cnc3[nH]ccc3c2N[C@@H]2CCCN(CC(C#N)C=O)C2)n1. The molecule has 30 heavy (non-hydrogen) atoms. The van der Waals surface area contributed by atoms with Crippen molar-refractivity contribution in [3.05, 3.63) is 30.7 Å². The lowest BCUT2D eigenvalue weighted by Gasteiger charge is -2.34. The molecular formula is C21H23N7O2. The standard InChI is InChI=1S/C21H23N7O2/c1-30-21-24-7-5-18(27-21)17-10-25-20-16(4-6-23-20)19(17)26-15-3-2-8-28(12-15)11-14(9-22)13-29/h4-7,10,13-15H,2-3,8,11-12H2,1H3,(H2,23,25,26)/t14?,15-/m1/s1. The van der Waals surface area contributed by atoms with Crippen LogP contribution < -0.4 is 10.1 Å². The van der Waals surface area contributed by atoms with Crippen LogP contribution in [-0.2, 0) is 4.79 Å². The fraction of sp³-hybridized carbons (Fsp3) is 0.381. The minimum absolute atomic E-state index is 0.174. The summed E-state index contributed by atoms with van der Waals surface area (Å²) in [5, 5.41) is 13.8. The zero-order valence-electron chi connectivity index (χ0n) is 16.7. The summed E-state index contributed by atoms with van der Waals surface area (Å²) in [6.07, 6.45) is 8.03. The van der Waals surface area contributed by atoms with Gasteiger partial charge in [0.2, 0.25) is 0 Å². The van der Waals surface area contributed by atoms with Crippen LogP contribution in [0.1, 0.15) is 12.8 Å². The Morgan fingerprint density at radius 1 is 1.47 bits per heavy atom. The number of fused-ring (bicyclic) bond motifs is 1. The number of carbonyl (C=O) groups is 1. The number of methoxy groups -OCH3 is 1. The fourth-order valence-corrected chi connectivity index (χ4v) is 3.88. The maximum atomic E-state index is 11.1. The monoisotopic (exact) mass is 405 g/mol. The van der Waals surface area contributed by atoms with E-state index in [1.165, 1.54) is 7.11 Å². The van der Waals surface area contributed by atoms with Crippen molar-refractivity contribution in [1.29, 1.82) is 5.26 Å². The van der Waals surface area contributed by atoms with Crippen LogP contribution in [0.4, 0.5) is 5.69 Å². The lowest BCUT2D eigenvalue weighted by atomic mass is 10.0. The molecule has 0 spiro atoms. The molecule has 4 rings (SSSR count). The summed E-state index contributed by atoms with van der Waals surface area (Å²) >= 11 is 0. The first-order chi connectivity index (χ1) is 14.7. The van der Waals surface area contributed by atoms with Crippen molar-refractivity contribution in [3.8, 4) is 23.3 Å². The van der Waals surface area contributed by atoms with Gasteiger partial charge in [-0.15, -0.1) is 0 Å². The lowest BCUT2D eigenvalue weighted by Crippen LogP contribution is -2.44. The predicted molar refractivity (Wildman–Crippen MR) is 112 cm³/mol. The molecule has 0 saturated carbocycles. The van der Waals surface area contributed by atoms with Crippen LogP contribution in [0.25, 0.3) is 22.3 Å². The number of aromatic amines is 1. The number of anilines is 1. The van der Waals surface area contributed by atoms with Gasteiger partial charge in [0.05, 0.1) is 24.6 Å². The average molecular weight is 405 g/mol. The zero-order valence-corrected chi connectivity index (χ0v) is 16.7. The van der Waals surface area contributed by atoms with E-state index in [-0.39, 0.29) is 6.04 Å². The third-order valence-electron chi connectivity index (χ3n) is 5.32. The highest BCUT2D eigenvalue weighted by Gasteiger charge is 2.24. The number of nitrogens with zero attached hydrogens (tertiary/aromatic N) is 5. The van der Waals surface area contributed by atoms with Crippen molar-refractivity contribution in [3.63, 3.8) is 0 Å². The van der Waals surface area contributed by atoms with Gasteiger partial charge in [0.1, 0.15) is 17.9 Å². The van der Waals surface area contributed by atoms with Gasteiger partial charge in [0.25, 0.3) is 0 Å². The number of hydrogen-bond acceptors (Lipinski definition) is 8. The number of H-pyrrole nitrogens is 1. The lowest BCUT2D eigenvalue weighted by molar-refractivity contribution is -0.110. The third kappa shape index (κ3) is 4.09. The number of aldehydes is 1. The summed E-state index contributed by atoms with van der Waals surface area (Å²) in [6.45, 7) is 2.10. The Balaban J connectivity index is 1.64. The van der Waals surface area contributed by atoms with Gasteiger partial charge in [-0.1, -0.05) is 0 Å². The molecule has 1 aliphatic rings. The van der Waals surface area contributed by atoms with Crippen molar-refractivity contribution in [2.45, 2.75) is 18.9 Å². The molecule has 9 heteroatoms. The van der Waals surface area contributed by atoms with Gasteiger partial charge in [0, 0.05) is 48.7 Å². The second kappa shape index (κ2) is 8.88. The number of rotatable bonds is 7. The van der Waals surface area contributed by atoms with Crippen LogP contribution in [0, 0.1) is 17.2 Å². The van der Waals surface area contributed by atoms with Crippen LogP contribution in [0.2, 0.25) is 0 Å². The molecule has 0 aliphatic carbocycles. The number of likely N-dealkylation sites (tertiary alicyclic amines) is 1. The van der Waals surface area contributed by atoms with Gasteiger partial charge in [-0.05, 0) is 31.5 Å². The maximum absolute atomic E-state index is 11.1. The number of nitriles is 1. The van der Waals surface area contributed by atoms with E-state index in [1.54, 1.807) is 12.4 Å². The first-order valence-corrected chi connectivity index (χ1v) is 9.89. The summed E-state index contributed by atoms with van der Waals surface area (Å²) in [7, 11) is 1.54. The van der Waals surface area contributed by atoms with Gasteiger partial charge in [-0.25, -0.2) is 9.97 Å². The summed E-state index contributed by atoms with van der Waals surface area (Å²) in [5.41, 5.74) is 3.32. The molecule has 0 amide bonds. The molecule has 1 aliphatic heterocycles. The van der Waals surface area contributed by atoms with Crippen molar-refractivity contribution < 1.29 is 9.53 Å². The third-order valence-corrected chi connectivity index (χ3v) is 5.32. The number of ether oxygens (including phenoxy) is 1. The Bertz CT molecular complexity index is 1070. The summed E-state index contributed by atoms with van der Waals surface area (Å²) in [4.78, 5) is 29.5.